The maximum atomic E-state index is 12.2. The van der Waals surface area contributed by atoms with Gasteiger partial charge in [0.25, 0.3) is 10.2 Å². The lowest BCUT2D eigenvalue weighted by atomic mass is 10.1. The lowest BCUT2D eigenvalue weighted by molar-refractivity contribution is 0.150. The van der Waals surface area contributed by atoms with Crippen molar-refractivity contribution in [3.05, 3.63) is 35.4 Å². The number of fused-ring (bicyclic) bond motifs is 1. The quantitative estimate of drug-likeness (QED) is 0.841. The van der Waals surface area contributed by atoms with Gasteiger partial charge in [-0.2, -0.15) is 17.4 Å². The molecule has 0 saturated heterocycles. The van der Waals surface area contributed by atoms with Crippen LogP contribution in [-0.2, 0) is 16.6 Å². The van der Waals surface area contributed by atoms with Crippen molar-refractivity contribution in [1.29, 1.82) is 0 Å². The molecule has 19 heavy (non-hydrogen) atoms. The van der Waals surface area contributed by atoms with Crippen LogP contribution >= 0.6 is 0 Å². The fourth-order valence-corrected chi connectivity index (χ4v) is 3.95. The van der Waals surface area contributed by atoms with Crippen LogP contribution in [0.25, 0.3) is 0 Å². The molecule has 1 aliphatic carbocycles. The molecule has 2 atom stereocenters. The number of rotatable bonds is 5. The van der Waals surface area contributed by atoms with Gasteiger partial charge in [-0.05, 0) is 11.1 Å². The summed E-state index contributed by atoms with van der Waals surface area (Å²) in [6.07, 6.45) is -0.218. The van der Waals surface area contributed by atoms with Gasteiger partial charge in [0.05, 0.1) is 12.1 Å². The highest BCUT2D eigenvalue weighted by Gasteiger charge is 2.35. The Kier molecular flexibility index (Phi) is 4.25. The first-order chi connectivity index (χ1) is 8.99. The van der Waals surface area contributed by atoms with Crippen molar-refractivity contribution in [2.24, 2.45) is 0 Å². The van der Waals surface area contributed by atoms with Crippen LogP contribution in [0.4, 0.5) is 0 Å². The summed E-state index contributed by atoms with van der Waals surface area (Å²) in [6.45, 7) is 4.41. The fourth-order valence-electron chi connectivity index (χ4n) is 2.51. The van der Waals surface area contributed by atoms with Gasteiger partial charge in [0.1, 0.15) is 0 Å². The van der Waals surface area contributed by atoms with Crippen LogP contribution in [0.2, 0.25) is 0 Å². The minimum atomic E-state index is -3.56. The highest BCUT2D eigenvalue weighted by Crippen LogP contribution is 2.31. The predicted octanol–water partition coefficient (Wildman–Crippen LogP) is 0.821. The van der Waals surface area contributed by atoms with Crippen LogP contribution in [-0.4, -0.2) is 37.0 Å². The van der Waals surface area contributed by atoms with E-state index in [1.54, 1.807) is 13.8 Å². The molecule has 2 rings (SSSR count). The lowest BCUT2D eigenvalue weighted by Crippen LogP contribution is -2.44. The summed E-state index contributed by atoms with van der Waals surface area (Å²) >= 11 is 0. The average molecular weight is 284 g/mol. The zero-order valence-electron chi connectivity index (χ0n) is 11.2. The van der Waals surface area contributed by atoms with E-state index in [0.717, 1.165) is 11.1 Å². The van der Waals surface area contributed by atoms with Crippen LogP contribution in [0.3, 0.4) is 0 Å². The zero-order chi connectivity index (χ0) is 14.0. The van der Waals surface area contributed by atoms with Gasteiger partial charge in [-0.1, -0.05) is 38.1 Å². The number of nitrogens with one attached hydrogen (secondary N) is 1. The molecular weight excluding hydrogens is 264 g/mol. The third kappa shape index (κ3) is 2.81. The fraction of sp³-hybridized carbons (Fsp3) is 0.538. The molecule has 0 heterocycles. The second kappa shape index (κ2) is 5.58. The standard InChI is InChI=1S/C13H20N2O3S/c1-3-15(4-2)19(17,18)14-13-11-8-6-5-7-10(11)9-12(13)16/h5-8,12-14,16H,3-4,9H2,1-2H3/t12-,13+/m1/s1. The molecule has 0 aliphatic heterocycles. The molecule has 1 aromatic rings. The van der Waals surface area contributed by atoms with Crippen molar-refractivity contribution in [3.8, 4) is 0 Å². The van der Waals surface area contributed by atoms with E-state index in [1.165, 1.54) is 4.31 Å². The predicted molar refractivity (Wildman–Crippen MR) is 73.9 cm³/mol. The Morgan fingerprint density at radius 1 is 1.32 bits per heavy atom. The third-order valence-corrected chi connectivity index (χ3v) is 5.27. The van der Waals surface area contributed by atoms with E-state index in [0.29, 0.717) is 19.5 Å². The molecule has 106 valence electrons. The molecule has 0 saturated carbocycles. The van der Waals surface area contributed by atoms with E-state index in [4.69, 9.17) is 0 Å². The molecule has 0 fully saturated rings. The third-order valence-electron chi connectivity index (χ3n) is 3.53. The van der Waals surface area contributed by atoms with Crippen LogP contribution in [0.15, 0.2) is 24.3 Å². The first-order valence-corrected chi connectivity index (χ1v) is 7.96. The Morgan fingerprint density at radius 3 is 2.58 bits per heavy atom. The maximum absolute atomic E-state index is 12.2. The largest absolute Gasteiger partial charge is 0.391 e. The molecule has 1 aliphatic rings. The van der Waals surface area contributed by atoms with Crippen molar-refractivity contribution < 1.29 is 13.5 Å². The first kappa shape index (κ1) is 14.5. The van der Waals surface area contributed by atoms with Gasteiger partial charge in [0.2, 0.25) is 0 Å². The van der Waals surface area contributed by atoms with Crippen molar-refractivity contribution in [2.75, 3.05) is 13.1 Å². The molecule has 2 N–H and O–H groups in total. The van der Waals surface area contributed by atoms with Crippen molar-refractivity contribution in [3.63, 3.8) is 0 Å². The molecule has 5 nitrogen and oxygen atoms in total. The number of hydrogen-bond acceptors (Lipinski definition) is 3. The van der Waals surface area contributed by atoms with E-state index < -0.39 is 22.4 Å². The summed E-state index contributed by atoms with van der Waals surface area (Å²) in [4.78, 5) is 0. The van der Waals surface area contributed by atoms with Gasteiger partial charge in [-0.25, -0.2) is 0 Å². The van der Waals surface area contributed by atoms with Crippen LogP contribution < -0.4 is 4.72 Å². The van der Waals surface area contributed by atoms with Crippen molar-refractivity contribution in [2.45, 2.75) is 32.4 Å². The minimum absolute atomic E-state index is 0.413. The summed E-state index contributed by atoms with van der Waals surface area (Å²) in [5.74, 6) is 0. The Morgan fingerprint density at radius 2 is 1.95 bits per heavy atom. The molecule has 0 amide bonds. The second-order valence-corrected chi connectivity index (χ2v) is 6.36. The Labute approximate surface area is 114 Å². The van der Waals surface area contributed by atoms with E-state index in [2.05, 4.69) is 4.72 Å². The SMILES string of the molecule is CCN(CC)S(=O)(=O)N[C@H]1c2ccccc2C[C@H]1O. The highest BCUT2D eigenvalue weighted by molar-refractivity contribution is 7.87. The molecular formula is C13H20N2O3S. The summed E-state index contributed by atoms with van der Waals surface area (Å²) in [5.41, 5.74) is 1.87. The Hall–Kier alpha value is -0.950. The van der Waals surface area contributed by atoms with Crippen molar-refractivity contribution >= 4 is 10.2 Å². The van der Waals surface area contributed by atoms with Gasteiger partial charge in [-0.15, -0.1) is 0 Å². The number of hydrogen-bond donors (Lipinski definition) is 2. The number of benzene rings is 1. The average Bonchev–Trinajstić information content (AvgIpc) is 2.67. The molecule has 0 aromatic heterocycles. The molecule has 1 aromatic carbocycles. The highest BCUT2D eigenvalue weighted by atomic mass is 32.2. The number of nitrogens with zero attached hydrogens (tertiary/aromatic N) is 1. The van der Waals surface area contributed by atoms with Gasteiger partial charge in [0.15, 0.2) is 0 Å². The molecule has 0 unspecified atom stereocenters. The minimum Gasteiger partial charge on any atom is -0.391 e. The van der Waals surface area contributed by atoms with Crippen LogP contribution in [0, 0.1) is 0 Å². The summed E-state index contributed by atoms with van der Waals surface area (Å²) in [7, 11) is -3.56. The van der Waals surface area contributed by atoms with Gasteiger partial charge in [0, 0.05) is 19.5 Å². The monoisotopic (exact) mass is 284 g/mol. The van der Waals surface area contributed by atoms with Crippen molar-refractivity contribution in [1.82, 2.24) is 9.03 Å². The van der Waals surface area contributed by atoms with Gasteiger partial charge >= 0.3 is 0 Å². The second-order valence-electron chi connectivity index (χ2n) is 4.66. The zero-order valence-corrected chi connectivity index (χ0v) is 12.0. The summed E-state index contributed by atoms with van der Waals surface area (Å²) in [6, 6.07) is 6.98. The lowest BCUT2D eigenvalue weighted by Gasteiger charge is -2.24. The van der Waals surface area contributed by atoms with E-state index in [9.17, 15) is 13.5 Å². The normalized spacial score (nSPS) is 22.7. The Bertz CT molecular complexity index is 541. The Balaban J connectivity index is 2.24. The van der Waals surface area contributed by atoms with E-state index in [-0.39, 0.29) is 0 Å². The van der Waals surface area contributed by atoms with Gasteiger partial charge in [-0.3, -0.25) is 0 Å². The van der Waals surface area contributed by atoms with E-state index in [1.807, 2.05) is 24.3 Å². The van der Waals surface area contributed by atoms with Crippen LogP contribution in [0.1, 0.15) is 31.0 Å². The molecule has 6 heteroatoms. The topological polar surface area (TPSA) is 69.6 Å². The summed E-state index contributed by atoms with van der Waals surface area (Å²) in [5, 5.41) is 10.1. The number of aliphatic hydroxyl groups excluding tert-OH is 1. The van der Waals surface area contributed by atoms with E-state index >= 15 is 0 Å². The molecule has 0 spiro atoms. The van der Waals surface area contributed by atoms with Gasteiger partial charge < -0.3 is 5.11 Å². The maximum Gasteiger partial charge on any atom is 0.280 e. The summed E-state index contributed by atoms with van der Waals surface area (Å²) < 4.78 is 28.4. The molecule has 0 bridgehead atoms. The molecule has 0 radical (unpaired) electrons. The first-order valence-electron chi connectivity index (χ1n) is 6.52. The van der Waals surface area contributed by atoms with Crippen LogP contribution in [0.5, 0.6) is 0 Å². The number of aliphatic hydroxyl groups is 1. The smallest absolute Gasteiger partial charge is 0.280 e.